The highest BCUT2D eigenvalue weighted by atomic mass is 79.9. The highest BCUT2D eigenvalue weighted by Crippen LogP contribution is 2.34. The lowest BCUT2D eigenvalue weighted by atomic mass is 10.0. The first-order valence-corrected chi connectivity index (χ1v) is 7.17. The third kappa shape index (κ3) is 3.38. The molecule has 4 heteroatoms. The molecule has 1 unspecified atom stereocenters. The zero-order valence-corrected chi connectivity index (χ0v) is 12.9. The second kappa shape index (κ2) is 6.37. The van der Waals surface area contributed by atoms with Crippen LogP contribution >= 0.6 is 15.9 Å². The molecule has 0 aliphatic carbocycles. The van der Waals surface area contributed by atoms with Crippen LogP contribution in [0.2, 0.25) is 0 Å². The Hall–Kier alpha value is -1.39. The number of benzene rings is 2. The smallest absolute Gasteiger partial charge is 0.125 e. The van der Waals surface area contributed by atoms with Crippen LogP contribution < -0.4 is 4.74 Å². The first-order chi connectivity index (χ1) is 9.49. The van der Waals surface area contributed by atoms with Crippen molar-refractivity contribution in [3.05, 3.63) is 63.9 Å². The molecule has 0 spiro atoms. The van der Waals surface area contributed by atoms with Crippen molar-refractivity contribution in [1.82, 2.24) is 0 Å². The predicted molar refractivity (Wildman–Crippen MR) is 80.4 cm³/mol. The van der Waals surface area contributed by atoms with Gasteiger partial charge in [-0.25, -0.2) is 4.39 Å². The van der Waals surface area contributed by atoms with Crippen LogP contribution in [-0.2, 0) is 0 Å². The van der Waals surface area contributed by atoms with E-state index in [0.29, 0.717) is 21.3 Å². The predicted octanol–water partition coefficient (Wildman–Crippen LogP) is 4.46. The molecule has 2 aromatic carbocycles. The van der Waals surface area contributed by atoms with Crippen molar-refractivity contribution in [1.29, 1.82) is 0 Å². The molecule has 0 heterocycles. The van der Waals surface area contributed by atoms with Crippen LogP contribution in [0.15, 0.2) is 46.9 Å². The lowest BCUT2D eigenvalue weighted by molar-refractivity contribution is 0.197. The molecule has 0 fully saturated rings. The standard InChI is InChI=1S/C16H16BrFO2/c1-10(2)20-15-6-4-3-5-13(15)16(19)12-8-7-11(18)9-14(12)17/h3-10,16,19H,1-2H3. The van der Waals surface area contributed by atoms with Crippen molar-refractivity contribution >= 4 is 15.9 Å². The summed E-state index contributed by atoms with van der Waals surface area (Å²) in [6.07, 6.45) is -0.861. The summed E-state index contributed by atoms with van der Waals surface area (Å²) in [6, 6.07) is 11.5. The largest absolute Gasteiger partial charge is 0.491 e. The Morgan fingerprint density at radius 1 is 1.10 bits per heavy atom. The van der Waals surface area contributed by atoms with E-state index in [0.717, 1.165) is 0 Å². The summed E-state index contributed by atoms with van der Waals surface area (Å²) in [5.74, 6) is 0.283. The molecular formula is C16H16BrFO2. The van der Waals surface area contributed by atoms with E-state index in [1.54, 1.807) is 12.1 Å². The van der Waals surface area contributed by atoms with Gasteiger partial charge in [0.25, 0.3) is 0 Å². The molecule has 0 bridgehead atoms. The van der Waals surface area contributed by atoms with E-state index in [1.165, 1.54) is 12.1 Å². The van der Waals surface area contributed by atoms with E-state index in [4.69, 9.17) is 4.74 Å². The van der Waals surface area contributed by atoms with Crippen LogP contribution in [0, 0.1) is 5.82 Å². The van der Waals surface area contributed by atoms with Gasteiger partial charge in [-0.1, -0.05) is 40.2 Å². The highest BCUT2D eigenvalue weighted by Gasteiger charge is 2.18. The van der Waals surface area contributed by atoms with E-state index < -0.39 is 6.10 Å². The Labute approximate surface area is 126 Å². The molecule has 20 heavy (non-hydrogen) atoms. The van der Waals surface area contributed by atoms with Gasteiger partial charge in [-0.3, -0.25) is 0 Å². The Morgan fingerprint density at radius 3 is 2.45 bits per heavy atom. The minimum absolute atomic E-state index is 0.0139. The van der Waals surface area contributed by atoms with Crippen LogP contribution in [0.1, 0.15) is 31.1 Å². The maximum Gasteiger partial charge on any atom is 0.125 e. The molecule has 1 atom stereocenters. The fourth-order valence-corrected chi connectivity index (χ4v) is 2.53. The molecule has 106 valence electrons. The van der Waals surface area contributed by atoms with Gasteiger partial charge in [-0.15, -0.1) is 0 Å². The molecule has 0 aromatic heterocycles. The van der Waals surface area contributed by atoms with Crippen molar-refractivity contribution in [3.63, 3.8) is 0 Å². The van der Waals surface area contributed by atoms with Gasteiger partial charge in [0.2, 0.25) is 0 Å². The SMILES string of the molecule is CC(C)Oc1ccccc1C(O)c1ccc(F)cc1Br. The summed E-state index contributed by atoms with van der Waals surface area (Å²) in [6.45, 7) is 3.86. The monoisotopic (exact) mass is 338 g/mol. The zero-order valence-electron chi connectivity index (χ0n) is 11.3. The Balaban J connectivity index is 2.40. The average molecular weight is 339 g/mol. The molecule has 0 aliphatic heterocycles. The minimum Gasteiger partial charge on any atom is -0.491 e. The van der Waals surface area contributed by atoms with Crippen molar-refractivity contribution in [3.8, 4) is 5.75 Å². The van der Waals surface area contributed by atoms with E-state index in [1.807, 2.05) is 32.0 Å². The molecule has 0 amide bonds. The highest BCUT2D eigenvalue weighted by molar-refractivity contribution is 9.10. The number of halogens is 2. The number of para-hydroxylation sites is 1. The van der Waals surface area contributed by atoms with Crippen LogP contribution in [0.5, 0.6) is 5.75 Å². The molecule has 0 saturated carbocycles. The van der Waals surface area contributed by atoms with Crippen molar-refractivity contribution < 1.29 is 14.2 Å². The quantitative estimate of drug-likeness (QED) is 0.891. The summed E-state index contributed by atoms with van der Waals surface area (Å²) in [7, 11) is 0. The number of aliphatic hydroxyl groups excluding tert-OH is 1. The van der Waals surface area contributed by atoms with Gasteiger partial charge in [-0.05, 0) is 37.6 Å². The van der Waals surface area contributed by atoms with Gasteiger partial charge < -0.3 is 9.84 Å². The Bertz CT molecular complexity index is 599. The van der Waals surface area contributed by atoms with Gasteiger partial charge in [0, 0.05) is 10.0 Å². The van der Waals surface area contributed by atoms with E-state index in [-0.39, 0.29) is 11.9 Å². The fraction of sp³-hybridized carbons (Fsp3) is 0.250. The van der Waals surface area contributed by atoms with Gasteiger partial charge in [0.15, 0.2) is 0 Å². The number of aliphatic hydroxyl groups is 1. The van der Waals surface area contributed by atoms with Crippen LogP contribution in [0.3, 0.4) is 0 Å². The summed E-state index contributed by atoms with van der Waals surface area (Å²) in [5, 5.41) is 10.5. The Morgan fingerprint density at radius 2 is 1.80 bits per heavy atom. The first-order valence-electron chi connectivity index (χ1n) is 6.37. The second-order valence-corrected chi connectivity index (χ2v) is 5.63. The topological polar surface area (TPSA) is 29.5 Å². The summed E-state index contributed by atoms with van der Waals surface area (Å²) in [4.78, 5) is 0. The number of ether oxygens (including phenoxy) is 1. The van der Waals surface area contributed by atoms with E-state index >= 15 is 0 Å². The lowest BCUT2D eigenvalue weighted by Gasteiger charge is -2.19. The van der Waals surface area contributed by atoms with Crippen LogP contribution in [0.25, 0.3) is 0 Å². The number of hydrogen-bond donors (Lipinski definition) is 1. The fourth-order valence-electron chi connectivity index (χ4n) is 1.96. The Kier molecular flexibility index (Phi) is 4.78. The van der Waals surface area contributed by atoms with Gasteiger partial charge in [0.05, 0.1) is 6.10 Å². The molecule has 1 N–H and O–H groups in total. The molecule has 2 rings (SSSR count). The van der Waals surface area contributed by atoms with Crippen molar-refractivity contribution in [2.24, 2.45) is 0 Å². The summed E-state index contributed by atoms with van der Waals surface area (Å²) < 4.78 is 19.4. The third-order valence-corrected chi connectivity index (χ3v) is 3.52. The minimum atomic E-state index is -0.875. The normalized spacial score (nSPS) is 12.5. The van der Waals surface area contributed by atoms with Crippen LogP contribution in [0.4, 0.5) is 4.39 Å². The molecule has 2 nitrogen and oxygen atoms in total. The van der Waals surface area contributed by atoms with Gasteiger partial charge >= 0.3 is 0 Å². The van der Waals surface area contributed by atoms with E-state index in [2.05, 4.69) is 15.9 Å². The summed E-state index contributed by atoms with van der Waals surface area (Å²) in [5.41, 5.74) is 1.26. The lowest BCUT2D eigenvalue weighted by Crippen LogP contribution is -2.10. The van der Waals surface area contributed by atoms with Gasteiger partial charge in [-0.2, -0.15) is 0 Å². The maximum atomic E-state index is 13.1. The third-order valence-electron chi connectivity index (χ3n) is 2.83. The van der Waals surface area contributed by atoms with Crippen molar-refractivity contribution in [2.45, 2.75) is 26.1 Å². The van der Waals surface area contributed by atoms with Crippen LogP contribution in [-0.4, -0.2) is 11.2 Å². The zero-order chi connectivity index (χ0) is 14.7. The van der Waals surface area contributed by atoms with Crippen molar-refractivity contribution in [2.75, 3.05) is 0 Å². The molecule has 0 aliphatic rings. The molecule has 2 aromatic rings. The maximum absolute atomic E-state index is 13.1. The second-order valence-electron chi connectivity index (χ2n) is 4.77. The van der Waals surface area contributed by atoms with Gasteiger partial charge in [0.1, 0.15) is 17.7 Å². The summed E-state index contributed by atoms with van der Waals surface area (Å²) >= 11 is 3.28. The first kappa shape index (κ1) is 15.0. The van der Waals surface area contributed by atoms with E-state index in [9.17, 15) is 9.50 Å². The molecule has 0 saturated heterocycles. The number of rotatable bonds is 4. The molecular weight excluding hydrogens is 323 g/mol. The number of hydrogen-bond acceptors (Lipinski definition) is 2. The molecule has 0 radical (unpaired) electrons. The average Bonchev–Trinajstić information content (AvgIpc) is 2.38.